The third-order valence-electron chi connectivity index (χ3n) is 3.39. The molecule has 0 unspecified atom stereocenters. The molecule has 1 aromatic carbocycles. The van der Waals surface area contributed by atoms with Gasteiger partial charge in [0, 0.05) is 12.1 Å². The van der Waals surface area contributed by atoms with E-state index in [-0.39, 0.29) is 12.2 Å². The van der Waals surface area contributed by atoms with Gasteiger partial charge in [0.2, 0.25) is 0 Å². The van der Waals surface area contributed by atoms with Crippen molar-refractivity contribution in [1.82, 2.24) is 0 Å². The van der Waals surface area contributed by atoms with Crippen molar-refractivity contribution in [2.24, 2.45) is 0 Å². The Balaban J connectivity index is 2.12. The van der Waals surface area contributed by atoms with Crippen molar-refractivity contribution in [3.63, 3.8) is 0 Å². The molecule has 0 spiro atoms. The molecular weight excluding hydrogens is 292 g/mol. The molecule has 1 aliphatic carbocycles. The molecule has 0 saturated heterocycles. The molecule has 0 aromatic heterocycles. The van der Waals surface area contributed by atoms with Crippen LogP contribution >= 0.6 is 0 Å². The van der Waals surface area contributed by atoms with Crippen molar-refractivity contribution in [1.29, 1.82) is 0 Å². The Hall–Kier alpha value is -2.77. The first-order valence-corrected chi connectivity index (χ1v) is 6.76. The van der Waals surface area contributed by atoms with Crippen LogP contribution in [0.2, 0.25) is 0 Å². The number of ether oxygens (including phenoxy) is 1. The van der Waals surface area contributed by atoms with E-state index in [0.29, 0.717) is 0 Å². The number of non-ortho nitro benzene ring substituents is 2. The number of nitrogens with zero attached hydrogens (tertiary/aromatic N) is 2. The van der Waals surface area contributed by atoms with Crippen LogP contribution in [0, 0.1) is 20.2 Å². The lowest BCUT2D eigenvalue weighted by Crippen LogP contribution is -2.07. The van der Waals surface area contributed by atoms with Gasteiger partial charge in [0.25, 0.3) is 11.4 Å². The molecule has 1 aliphatic rings. The molecular formula is C14H14N2O6. The SMILES string of the molecule is O=C(OCC=C1CCCC1)c1cc([N+](=O)[O-])cc([N+](=O)[O-])c1. The highest BCUT2D eigenvalue weighted by atomic mass is 16.6. The number of hydrogen-bond donors (Lipinski definition) is 0. The maximum Gasteiger partial charge on any atom is 0.338 e. The third kappa shape index (κ3) is 3.87. The summed E-state index contributed by atoms with van der Waals surface area (Å²) in [5.74, 6) is -0.818. The highest BCUT2D eigenvalue weighted by molar-refractivity contribution is 5.91. The van der Waals surface area contributed by atoms with Crippen LogP contribution in [0.1, 0.15) is 36.0 Å². The number of allylic oxidation sites excluding steroid dienone is 1. The van der Waals surface area contributed by atoms with Crippen LogP contribution in [-0.4, -0.2) is 22.4 Å². The van der Waals surface area contributed by atoms with E-state index < -0.39 is 27.2 Å². The van der Waals surface area contributed by atoms with Crippen molar-refractivity contribution < 1.29 is 19.4 Å². The van der Waals surface area contributed by atoms with E-state index in [0.717, 1.165) is 43.9 Å². The van der Waals surface area contributed by atoms with Crippen LogP contribution in [0.4, 0.5) is 11.4 Å². The lowest BCUT2D eigenvalue weighted by Gasteiger charge is -2.03. The molecule has 22 heavy (non-hydrogen) atoms. The molecule has 1 saturated carbocycles. The van der Waals surface area contributed by atoms with E-state index in [1.807, 2.05) is 6.08 Å². The van der Waals surface area contributed by atoms with Crippen molar-refractivity contribution >= 4 is 17.3 Å². The molecule has 0 radical (unpaired) electrons. The van der Waals surface area contributed by atoms with E-state index in [1.54, 1.807) is 0 Å². The molecule has 8 nitrogen and oxygen atoms in total. The topological polar surface area (TPSA) is 113 Å². The minimum Gasteiger partial charge on any atom is -0.458 e. The van der Waals surface area contributed by atoms with E-state index in [1.165, 1.54) is 5.57 Å². The first-order chi connectivity index (χ1) is 10.5. The van der Waals surface area contributed by atoms with E-state index >= 15 is 0 Å². The molecule has 2 rings (SSSR count). The number of carbonyl (C=O) groups is 1. The Morgan fingerprint density at radius 3 is 2.14 bits per heavy atom. The van der Waals surface area contributed by atoms with Crippen LogP contribution in [0.15, 0.2) is 29.8 Å². The van der Waals surface area contributed by atoms with Crippen molar-refractivity contribution in [2.45, 2.75) is 25.7 Å². The summed E-state index contributed by atoms with van der Waals surface area (Å²) in [6.07, 6.45) is 6.03. The Morgan fingerprint density at radius 1 is 1.09 bits per heavy atom. The summed E-state index contributed by atoms with van der Waals surface area (Å²) in [6, 6.07) is 2.74. The second-order valence-corrected chi connectivity index (χ2v) is 4.92. The van der Waals surface area contributed by atoms with Gasteiger partial charge in [-0.3, -0.25) is 20.2 Å². The molecule has 0 bridgehead atoms. The van der Waals surface area contributed by atoms with Gasteiger partial charge in [0.05, 0.1) is 21.5 Å². The summed E-state index contributed by atoms with van der Waals surface area (Å²) < 4.78 is 5.00. The van der Waals surface area contributed by atoms with Crippen LogP contribution in [0.5, 0.6) is 0 Å². The predicted octanol–water partition coefficient (Wildman–Crippen LogP) is 3.16. The molecule has 0 atom stereocenters. The molecule has 0 aliphatic heterocycles. The highest BCUT2D eigenvalue weighted by Crippen LogP contribution is 2.24. The number of nitro benzene ring substituents is 2. The van der Waals surface area contributed by atoms with E-state index in [2.05, 4.69) is 0 Å². The molecule has 1 fully saturated rings. The summed E-state index contributed by atoms with van der Waals surface area (Å²) in [7, 11) is 0. The maximum atomic E-state index is 11.9. The zero-order valence-electron chi connectivity index (χ0n) is 11.7. The summed E-state index contributed by atoms with van der Waals surface area (Å²) >= 11 is 0. The van der Waals surface area contributed by atoms with Gasteiger partial charge >= 0.3 is 5.97 Å². The fourth-order valence-corrected chi connectivity index (χ4v) is 2.28. The fraction of sp³-hybridized carbons (Fsp3) is 0.357. The van der Waals surface area contributed by atoms with Gasteiger partial charge in [-0.2, -0.15) is 0 Å². The fourth-order valence-electron chi connectivity index (χ4n) is 2.28. The van der Waals surface area contributed by atoms with Gasteiger partial charge in [-0.05, 0) is 31.8 Å². The average molecular weight is 306 g/mol. The predicted molar refractivity (Wildman–Crippen MR) is 76.6 cm³/mol. The molecule has 0 amide bonds. The zero-order chi connectivity index (χ0) is 16.1. The monoisotopic (exact) mass is 306 g/mol. The van der Waals surface area contributed by atoms with Crippen LogP contribution in [0.25, 0.3) is 0 Å². The number of nitro groups is 2. The normalized spacial score (nSPS) is 13.7. The number of benzene rings is 1. The third-order valence-corrected chi connectivity index (χ3v) is 3.39. The largest absolute Gasteiger partial charge is 0.458 e. The lowest BCUT2D eigenvalue weighted by molar-refractivity contribution is -0.394. The first kappa shape index (κ1) is 15.6. The van der Waals surface area contributed by atoms with Crippen LogP contribution < -0.4 is 0 Å². The molecule has 8 heteroatoms. The summed E-state index contributed by atoms with van der Waals surface area (Å²) in [5.41, 5.74) is -0.0193. The van der Waals surface area contributed by atoms with Crippen molar-refractivity contribution in [3.8, 4) is 0 Å². The summed E-state index contributed by atoms with van der Waals surface area (Å²) in [5, 5.41) is 21.5. The van der Waals surface area contributed by atoms with Gasteiger partial charge in [0.15, 0.2) is 0 Å². The Bertz CT molecular complexity index is 612. The van der Waals surface area contributed by atoms with E-state index in [9.17, 15) is 25.0 Å². The minimum absolute atomic E-state index is 0.0602. The summed E-state index contributed by atoms with van der Waals surface area (Å²) in [4.78, 5) is 31.8. The highest BCUT2D eigenvalue weighted by Gasteiger charge is 2.20. The number of rotatable bonds is 5. The van der Waals surface area contributed by atoms with E-state index in [4.69, 9.17) is 4.74 Å². The standard InChI is InChI=1S/C14H14N2O6/c17-14(22-6-5-10-3-1-2-4-10)11-7-12(15(18)19)9-13(8-11)16(20)21/h5,7-9H,1-4,6H2. The molecule has 0 heterocycles. The van der Waals surface area contributed by atoms with Crippen molar-refractivity contribution in [2.75, 3.05) is 6.61 Å². The van der Waals surface area contributed by atoms with Gasteiger partial charge < -0.3 is 4.74 Å². The second kappa shape index (κ2) is 6.79. The Kier molecular flexibility index (Phi) is 4.82. The zero-order valence-corrected chi connectivity index (χ0v) is 11.7. The molecule has 116 valence electrons. The van der Waals surface area contributed by atoms with Crippen molar-refractivity contribution in [3.05, 3.63) is 55.6 Å². The molecule has 1 aromatic rings. The number of esters is 1. The number of carbonyl (C=O) groups excluding carboxylic acids is 1. The van der Waals surface area contributed by atoms with Crippen LogP contribution in [-0.2, 0) is 4.74 Å². The second-order valence-electron chi connectivity index (χ2n) is 4.92. The van der Waals surface area contributed by atoms with Crippen LogP contribution in [0.3, 0.4) is 0 Å². The lowest BCUT2D eigenvalue weighted by atomic mass is 10.2. The smallest absolute Gasteiger partial charge is 0.338 e. The van der Waals surface area contributed by atoms with Gasteiger partial charge in [-0.25, -0.2) is 4.79 Å². The Morgan fingerprint density at radius 2 is 1.64 bits per heavy atom. The first-order valence-electron chi connectivity index (χ1n) is 6.76. The Labute approximate surface area is 125 Å². The van der Waals surface area contributed by atoms with Gasteiger partial charge in [-0.1, -0.05) is 5.57 Å². The maximum absolute atomic E-state index is 11.9. The number of hydrogen-bond acceptors (Lipinski definition) is 6. The van der Waals surface area contributed by atoms with Gasteiger partial charge in [0.1, 0.15) is 6.61 Å². The quantitative estimate of drug-likeness (QED) is 0.357. The van der Waals surface area contributed by atoms with Gasteiger partial charge in [-0.15, -0.1) is 0 Å². The average Bonchev–Trinajstić information content (AvgIpc) is 2.99. The summed E-state index contributed by atoms with van der Waals surface area (Å²) in [6.45, 7) is 0.0602. The minimum atomic E-state index is -0.818. The molecule has 0 N–H and O–H groups in total.